The number of rotatable bonds is 7. The zero-order valence-electron chi connectivity index (χ0n) is 13.0. The first-order valence-corrected chi connectivity index (χ1v) is 8.34. The minimum Gasteiger partial charge on any atom is -0.496 e. The molecule has 0 unspecified atom stereocenters. The molecule has 0 atom stereocenters. The lowest BCUT2D eigenvalue weighted by molar-refractivity contribution is 0.326. The minimum absolute atomic E-state index is 0. The Balaban J connectivity index is 0.00000242. The molecule has 6 heteroatoms. The molecule has 0 aromatic heterocycles. The zero-order chi connectivity index (χ0) is 15.1. The summed E-state index contributed by atoms with van der Waals surface area (Å²) in [6.45, 7) is 1.71. The summed E-state index contributed by atoms with van der Waals surface area (Å²) in [5.74, 6) is 2.26. The summed E-state index contributed by atoms with van der Waals surface area (Å²) in [6, 6.07) is 6.13. The number of benzene rings is 1. The molecule has 0 radical (unpaired) electrons. The number of hydrogen-bond donors (Lipinski definition) is 2. The summed E-state index contributed by atoms with van der Waals surface area (Å²) in [5, 5.41) is 3.18. The van der Waals surface area contributed by atoms with Crippen molar-refractivity contribution in [3.63, 3.8) is 0 Å². The number of methoxy groups -OCH3 is 1. The highest BCUT2D eigenvalue weighted by Gasteiger charge is 2.16. The molecule has 0 amide bonds. The van der Waals surface area contributed by atoms with Crippen LogP contribution in [-0.2, 0) is 6.42 Å². The highest BCUT2D eigenvalue weighted by Crippen LogP contribution is 2.26. The molecule has 4 nitrogen and oxygen atoms in total. The largest absolute Gasteiger partial charge is 0.496 e. The zero-order valence-corrected chi connectivity index (χ0v) is 16.9. The van der Waals surface area contributed by atoms with Crippen molar-refractivity contribution >= 4 is 45.9 Å². The molecule has 0 heterocycles. The van der Waals surface area contributed by atoms with Crippen LogP contribution in [0.4, 0.5) is 0 Å². The molecule has 0 aliphatic heterocycles. The van der Waals surface area contributed by atoms with Crippen molar-refractivity contribution in [2.45, 2.75) is 32.1 Å². The number of nitrogens with two attached hydrogens (primary N) is 1. The molecule has 0 spiro atoms. The van der Waals surface area contributed by atoms with Crippen LogP contribution in [0.5, 0.6) is 5.75 Å². The van der Waals surface area contributed by atoms with Crippen LogP contribution in [0.15, 0.2) is 27.7 Å². The van der Waals surface area contributed by atoms with Crippen LogP contribution in [0.1, 0.15) is 31.2 Å². The lowest BCUT2D eigenvalue weighted by Gasteiger charge is -2.23. The van der Waals surface area contributed by atoms with Crippen molar-refractivity contribution < 1.29 is 4.74 Å². The van der Waals surface area contributed by atoms with Gasteiger partial charge in [0.1, 0.15) is 5.75 Å². The Morgan fingerprint density at radius 3 is 2.86 bits per heavy atom. The quantitative estimate of drug-likeness (QED) is 0.270. The van der Waals surface area contributed by atoms with Crippen LogP contribution in [0, 0.1) is 5.92 Å². The van der Waals surface area contributed by atoms with Crippen LogP contribution < -0.4 is 15.8 Å². The van der Waals surface area contributed by atoms with Gasteiger partial charge in [0, 0.05) is 17.6 Å². The summed E-state index contributed by atoms with van der Waals surface area (Å²) in [5.41, 5.74) is 7.08. The first-order chi connectivity index (χ1) is 10.2. The third kappa shape index (κ3) is 6.32. The predicted molar refractivity (Wildman–Crippen MR) is 106 cm³/mol. The summed E-state index contributed by atoms with van der Waals surface area (Å²) < 4.78 is 6.42. The second-order valence-electron chi connectivity index (χ2n) is 5.51. The van der Waals surface area contributed by atoms with E-state index in [2.05, 4.69) is 32.3 Å². The van der Waals surface area contributed by atoms with Gasteiger partial charge in [0.2, 0.25) is 0 Å². The number of nitrogens with one attached hydrogen (secondary N) is 1. The molecule has 22 heavy (non-hydrogen) atoms. The van der Waals surface area contributed by atoms with Gasteiger partial charge in [-0.05, 0) is 49.3 Å². The van der Waals surface area contributed by atoms with Gasteiger partial charge in [-0.1, -0.05) is 28.4 Å². The van der Waals surface area contributed by atoms with Crippen molar-refractivity contribution in [2.24, 2.45) is 16.6 Å². The van der Waals surface area contributed by atoms with E-state index in [1.165, 1.54) is 24.8 Å². The molecule has 124 valence electrons. The maximum absolute atomic E-state index is 5.86. The van der Waals surface area contributed by atoms with Crippen molar-refractivity contribution in [1.29, 1.82) is 0 Å². The van der Waals surface area contributed by atoms with Gasteiger partial charge in [0.05, 0.1) is 7.11 Å². The van der Waals surface area contributed by atoms with Gasteiger partial charge in [-0.2, -0.15) is 0 Å². The van der Waals surface area contributed by atoms with E-state index >= 15 is 0 Å². The number of ether oxygens (including phenoxy) is 1. The van der Waals surface area contributed by atoms with Crippen LogP contribution >= 0.6 is 39.9 Å². The highest BCUT2D eigenvalue weighted by atomic mass is 127. The van der Waals surface area contributed by atoms with E-state index in [1.54, 1.807) is 7.11 Å². The van der Waals surface area contributed by atoms with E-state index < -0.39 is 0 Å². The first-order valence-electron chi connectivity index (χ1n) is 7.55. The van der Waals surface area contributed by atoms with E-state index in [-0.39, 0.29) is 24.0 Å². The van der Waals surface area contributed by atoms with Gasteiger partial charge >= 0.3 is 0 Å². The van der Waals surface area contributed by atoms with E-state index in [0.29, 0.717) is 5.96 Å². The Labute approximate surface area is 158 Å². The summed E-state index contributed by atoms with van der Waals surface area (Å²) in [4.78, 5) is 4.39. The van der Waals surface area contributed by atoms with E-state index in [0.717, 1.165) is 42.1 Å². The number of hydrogen-bond acceptors (Lipinski definition) is 2. The number of nitrogens with zero attached hydrogens (tertiary/aromatic N) is 1. The van der Waals surface area contributed by atoms with Gasteiger partial charge in [0.25, 0.3) is 0 Å². The third-order valence-corrected chi connectivity index (χ3v) is 4.42. The monoisotopic (exact) mass is 481 g/mol. The number of aliphatic imine (C=N–C) groups is 1. The number of aryl methyl sites for hydroxylation is 1. The normalized spacial score (nSPS) is 14.9. The standard InChI is InChI=1S/C16H24BrN3O.HI/c1-21-15-10-14(17)8-7-13(15)6-3-9-19-16(18)20-11-12-4-2-5-12;/h7-8,10,12H,2-6,9,11H2,1H3,(H3,18,19,20);1H. The summed E-state index contributed by atoms with van der Waals surface area (Å²) in [7, 11) is 1.70. The molecule has 2 rings (SSSR count). The lowest BCUT2D eigenvalue weighted by Crippen LogP contribution is -2.33. The Bertz CT molecular complexity index is 492. The number of guanidine groups is 1. The molecule has 1 aliphatic carbocycles. The van der Waals surface area contributed by atoms with Gasteiger partial charge in [-0.15, -0.1) is 24.0 Å². The highest BCUT2D eigenvalue weighted by molar-refractivity contribution is 14.0. The molecule has 1 fully saturated rings. The Kier molecular flexibility index (Phi) is 9.16. The van der Waals surface area contributed by atoms with Crippen molar-refractivity contribution in [3.05, 3.63) is 28.2 Å². The van der Waals surface area contributed by atoms with E-state index in [1.807, 2.05) is 12.1 Å². The molecule has 1 saturated carbocycles. The maximum atomic E-state index is 5.86. The van der Waals surface area contributed by atoms with Crippen LogP contribution in [0.2, 0.25) is 0 Å². The molecular weight excluding hydrogens is 457 g/mol. The average Bonchev–Trinajstić information content (AvgIpc) is 2.43. The molecule has 1 aromatic carbocycles. The Morgan fingerprint density at radius 1 is 1.45 bits per heavy atom. The molecule has 3 N–H and O–H groups in total. The van der Waals surface area contributed by atoms with Crippen molar-refractivity contribution in [2.75, 3.05) is 20.2 Å². The fourth-order valence-corrected chi connectivity index (χ4v) is 2.72. The molecule has 0 bridgehead atoms. The van der Waals surface area contributed by atoms with E-state index in [4.69, 9.17) is 10.5 Å². The average molecular weight is 482 g/mol. The molecular formula is C16H25BrIN3O. The van der Waals surface area contributed by atoms with Gasteiger partial charge < -0.3 is 15.8 Å². The van der Waals surface area contributed by atoms with Crippen LogP contribution in [0.3, 0.4) is 0 Å². The molecule has 0 saturated heterocycles. The second kappa shape index (κ2) is 10.3. The molecule has 1 aliphatic rings. The Morgan fingerprint density at radius 2 is 2.23 bits per heavy atom. The first kappa shape index (κ1) is 19.5. The van der Waals surface area contributed by atoms with Crippen LogP contribution in [-0.4, -0.2) is 26.2 Å². The SMILES string of the molecule is COc1cc(Br)ccc1CCCNC(N)=NCC1CCC1.I. The second-order valence-corrected chi connectivity index (χ2v) is 6.43. The third-order valence-electron chi connectivity index (χ3n) is 3.92. The van der Waals surface area contributed by atoms with E-state index in [9.17, 15) is 0 Å². The molecule has 1 aromatic rings. The fraction of sp³-hybridized carbons (Fsp3) is 0.562. The van der Waals surface area contributed by atoms with Gasteiger partial charge in [0.15, 0.2) is 5.96 Å². The lowest BCUT2D eigenvalue weighted by atomic mass is 9.86. The topological polar surface area (TPSA) is 59.6 Å². The number of halogens is 2. The summed E-state index contributed by atoms with van der Waals surface area (Å²) >= 11 is 3.45. The Hall–Kier alpha value is -0.500. The maximum Gasteiger partial charge on any atom is 0.188 e. The summed E-state index contributed by atoms with van der Waals surface area (Å²) in [6.07, 6.45) is 5.92. The van der Waals surface area contributed by atoms with Crippen LogP contribution in [0.25, 0.3) is 0 Å². The predicted octanol–water partition coefficient (Wildman–Crippen LogP) is 3.71. The minimum atomic E-state index is 0. The van der Waals surface area contributed by atoms with Gasteiger partial charge in [-0.3, -0.25) is 4.99 Å². The van der Waals surface area contributed by atoms with Crippen molar-refractivity contribution in [3.8, 4) is 5.75 Å². The fourth-order valence-electron chi connectivity index (χ4n) is 2.38. The van der Waals surface area contributed by atoms with Gasteiger partial charge in [-0.25, -0.2) is 0 Å². The van der Waals surface area contributed by atoms with Crippen molar-refractivity contribution in [1.82, 2.24) is 5.32 Å². The smallest absolute Gasteiger partial charge is 0.188 e.